The van der Waals surface area contributed by atoms with Gasteiger partial charge in [-0.05, 0) is 0 Å². The van der Waals surface area contributed by atoms with E-state index < -0.39 is 19.7 Å². The van der Waals surface area contributed by atoms with Gasteiger partial charge in [-0.1, -0.05) is 0 Å². The zero-order valence-corrected chi connectivity index (χ0v) is 7.58. The first-order chi connectivity index (χ1) is 3.89. The summed E-state index contributed by atoms with van der Waals surface area (Å²) < 4.78 is 41.9. The van der Waals surface area contributed by atoms with E-state index in [1.165, 1.54) is 0 Å². The maximum atomic E-state index is 9.26. The molecular formula is H5NO8Zn. The van der Waals surface area contributed by atoms with Crippen LogP contribution >= 0.6 is 0 Å². The monoisotopic (exact) mass is 211 g/mol. The minimum absolute atomic E-state index is 1.93. The van der Waals surface area contributed by atoms with Crippen molar-refractivity contribution in [3.8, 4) is 0 Å². The van der Waals surface area contributed by atoms with E-state index in [9.17, 15) is 10.1 Å². The molecular weight excluding hydrogens is 207 g/mol. The van der Waals surface area contributed by atoms with Crippen LogP contribution in [0.1, 0.15) is 0 Å². The van der Waals surface area contributed by atoms with Gasteiger partial charge in [-0.25, -0.2) is 0 Å². The van der Waals surface area contributed by atoms with E-state index in [4.69, 9.17) is 19.7 Å². The van der Waals surface area contributed by atoms with Gasteiger partial charge in [-0.3, -0.25) is 0 Å². The molecule has 0 aromatic rings. The molecule has 5 N–H and O–H groups in total. The first kappa shape index (κ1) is 9.62. The molecule has 0 unspecified atom stereocenters. The van der Waals surface area contributed by atoms with Crippen LogP contribution in [-0.4, -0.2) is 24.7 Å². The quantitative estimate of drug-likeness (QED) is 0.183. The molecule has 0 bridgehead atoms. The molecule has 0 amide bonds. The van der Waals surface area contributed by atoms with E-state index in [2.05, 4.69) is 3.66 Å². The first-order valence-corrected chi connectivity index (χ1v) is 10.3. The predicted molar refractivity (Wildman–Crippen MR) is 19.2 cm³/mol. The Balaban J connectivity index is 4.59. The topological polar surface area (TPSA) is 154 Å². The third kappa shape index (κ3) is 7.62. The zero-order valence-electron chi connectivity index (χ0n) is 4.62. The number of hydrogen-bond acceptors (Lipinski definition) is 8. The molecule has 60 valence electrons. The summed E-state index contributed by atoms with van der Waals surface area (Å²) in [7, 11) is 0. The minimum atomic E-state index is -8.79. The van der Waals surface area contributed by atoms with Gasteiger partial charge in [0.1, 0.15) is 0 Å². The molecule has 0 aliphatic carbocycles. The van der Waals surface area contributed by atoms with E-state index in [0.29, 0.717) is 0 Å². The van der Waals surface area contributed by atoms with Crippen LogP contribution in [0.15, 0.2) is 0 Å². The number of hydrogen-bond donors (Lipinski definition) is 5. The average Bonchev–Trinajstić information content (AvgIpc) is 1.12. The van der Waals surface area contributed by atoms with E-state index in [1.54, 1.807) is 0 Å². The summed E-state index contributed by atoms with van der Waals surface area (Å²) in [5.41, 5.74) is 0. The van der Waals surface area contributed by atoms with Gasteiger partial charge in [0.2, 0.25) is 0 Å². The van der Waals surface area contributed by atoms with Crippen molar-refractivity contribution in [1.29, 1.82) is 0 Å². The summed E-state index contributed by atoms with van der Waals surface area (Å²) in [4.78, 5) is 9.26. The second-order valence-corrected chi connectivity index (χ2v) is 11.6. The standard InChI is InChI=1S/NO3.5H2O.Zn/c2-1(3)4;;;;;;/h;5*1H2;/q-1;;;;;;+6/p-5. The van der Waals surface area contributed by atoms with E-state index in [-0.39, 0.29) is 0 Å². The fourth-order valence-corrected chi connectivity index (χ4v) is 1.22. The van der Waals surface area contributed by atoms with Crippen molar-refractivity contribution in [2.24, 2.45) is 0 Å². The maximum absolute atomic E-state index is 9.26. The van der Waals surface area contributed by atoms with Crippen LogP contribution in [0.2, 0.25) is 0 Å². The molecule has 0 spiro atoms. The van der Waals surface area contributed by atoms with Crippen LogP contribution < -0.4 is 0 Å². The Kier molecular flexibility index (Phi) is 1.39. The Bertz CT molecular complexity index is 157. The summed E-state index contributed by atoms with van der Waals surface area (Å²) in [5, 5.41) is 7.33. The van der Waals surface area contributed by atoms with Gasteiger partial charge >= 0.3 is 53.1 Å². The fourth-order valence-electron chi connectivity index (χ4n) is 0.236. The summed E-state index contributed by atoms with van der Waals surface area (Å²) in [6, 6.07) is 0. The van der Waals surface area contributed by atoms with Crippen LogP contribution in [0.4, 0.5) is 0 Å². The Morgan fingerprint density at radius 2 is 1.50 bits per heavy atom. The summed E-state index contributed by atoms with van der Waals surface area (Å²) in [5.74, 6) is 0. The molecule has 10 heavy (non-hydrogen) atoms. The van der Waals surface area contributed by atoms with E-state index in [1.807, 2.05) is 0 Å². The third-order valence-electron chi connectivity index (χ3n) is 0.394. The molecule has 9 nitrogen and oxygen atoms in total. The Morgan fingerprint density at radius 3 is 1.50 bits per heavy atom. The second-order valence-electron chi connectivity index (χ2n) is 2.41. The van der Waals surface area contributed by atoms with Crippen LogP contribution in [0.5, 0.6) is 0 Å². The van der Waals surface area contributed by atoms with Gasteiger partial charge in [0, 0.05) is 0 Å². The zero-order chi connectivity index (χ0) is 8.69. The molecule has 10 heteroatoms. The SMILES string of the molecule is O=[N+]([O-])[O][Zn]([OH])([OH])([OH])([OH])[OH]. The van der Waals surface area contributed by atoms with Crippen molar-refractivity contribution in [2.75, 3.05) is 0 Å². The average molecular weight is 212 g/mol. The van der Waals surface area contributed by atoms with E-state index in [0.717, 1.165) is 0 Å². The summed E-state index contributed by atoms with van der Waals surface area (Å²) >= 11 is -8.79. The number of nitrogens with zero attached hydrogens (tertiary/aromatic N) is 1. The normalized spacial score (nSPS) is 15.3. The van der Waals surface area contributed by atoms with Gasteiger partial charge in [0.15, 0.2) is 0 Å². The van der Waals surface area contributed by atoms with Gasteiger partial charge in [0.25, 0.3) is 0 Å². The molecule has 0 saturated heterocycles. The van der Waals surface area contributed by atoms with Gasteiger partial charge in [-0.15, -0.1) is 0 Å². The molecule has 0 atom stereocenters. The van der Waals surface area contributed by atoms with Crippen molar-refractivity contribution >= 4 is 0 Å². The van der Waals surface area contributed by atoms with Crippen LogP contribution in [0.25, 0.3) is 0 Å². The van der Waals surface area contributed by atoms with Crippen molar-refractivity contribution < 1.29 is 43.0 Å². The fraction of sp³-hybridized carbons (Fsp3) is 0. The summed E-state index contributed by atoms with van der Waals surface area (Å²) in [6.45, 7) is 0. The van der Waals surface area contributed by atoms with Gasteiger partial charge in [-0.2, -0.15) is 0 Å². The molecule has 0 rings (SSSR count). The van der Waals surface area contributed by atoms with Crippen LogP contribution in [-0.2, 0) is 18.3 Å². The van der Waals surface area contributed by atoms with Crippen molar-refractivity contribution in [1.82, 2.24) is 0 Å². The summed E-state index contributed by atoms with van der Waals surface area (Å²) in [6.07, 6.45) is 0. The van der Waals surface area contributed by atoms with Gasteiger partial charge < -0.3 is 0 Å². The third-order valence-corrected chi connectivity index (χ3v) is 2.05. The molecule has 0 aliphatic heterocycles. The predicted octanol–water partition coefficient (Wildman–Crippen LogP) is -3.13. The number of rotatable bonds is 2. The van der Waals surface area contributed by atoms with Crippen LogP contribution in [0.3, 0.4) is 0 Å². The molecule has 0 heterocycles. The first-order valence-electron chi connectivity index (χ1n) is 2.42. The Morgan fingerprint density at radius 1 is 1.20 bits per heavy atom. The van der Waals surface area contributed by atoms with Gasteiger partial charge in [0.05, 0.1) is 0 Å². The second kappa shape index (κ2) is 1.44. The van der Waals surface area contributed by atoms with Crippen LogP contribution in [0, 0.1) is 10.1 Å². The molecule has 0 radical (unpaired) electrons. The van der Waals surface area contributed by atoms with Crippen molar-refractivity contribution in [3.05, 3.63) is 10.1 Å². The molecule has 0 aromatic heterocycles. The molecule has 0 fully saturated rings. The van der Waals surface area contributed by atoms with E-state index >= 15 is 0 Å². The molecule has 0 aliphatic rings. The van der Waals surface area contributed by atoms with Crippen molar-refractivity contribution in [3.63, 3.8) is 0 Å². The Labute approximate surface area is 53.9 Å². The Hall–Kier alpha value is -0.377. The van der Waals surface area contributed by atoms with Crippen molar-refractivity contribution in [2.45, 2.75) is 0 Å². The molecule has 0 aromatic carbocycles. The molecule has 0 saturated carbocycles.